The van der Waals surface area contributed by atoms with Crippen LogP contribution >= 0.6 is 0 Å². The maximum atomic E-state index is 14.2. The van der Waals surface area contributed by atoms with Gasteiger partial charge in [0.05, 0.1) is 18.3 Å². The van der Waals surface area contributed by atoms with Crippen LogP contribution in [0.2, 0.25) is 0 Å². The lowest BCUT2D eigenvalue weighted by Crippen LogP contribution is -2.64. The molecule has 1 amide bonds. The van der Waals surface area contributed by atoms with Gasteiger partial charge in [0.25, 0.3) is 0 Å². The van der Waals surface area contributed by atoms with E-state index in [1.807, 2.05) is 0 Å². The molecule has 0 bridgehead atoms. The zero-order chi connectivity index (χ0) is 20.5. The smallest absolute Gasteiger partial charge is 0.228 e. The normalized spacial score (nSPS) is 53.8. The maximum absolute atomic E-state index is 14.2. The predicted molar refractivity (Wildman–Crippen MR) is 95.7 cm³/mol. The third kappa shape index (κ3) is 2.74. The van der Waals surface area contributed by atoms with E-state index in [1.54, 1.807) is 0 Å². The van der Waals surface area contributed by atoms with Crippen LogP contribution in [0.25, 0.3) is 0 Å². The first-order valence-electron chi connectivity index (χ1n) is 9.98. The van der Waals surface area contributed by atoms with Crippen molar-refractivity contribution in [2.24, 2.45) is 52.9 Å². The van der Waals surface area contributed by atoms with Crippen molar-refractivity contribution in [1.29, 1.82) is 5.41 Å². The van der Waals surface area contributed by atoms with Gasteiger partial charge in [0, 0.05) is 35.9 Å². The number of primary amides is 1. The fraction of sp³-hybridized carbons (Fsp3) is 0.842. The second-order valence-electron chi connectivity index (χ2n) is 9.16. The van der Waals surface area contributed by atoms with E-state index in [4.69, 9.17) is 16.9 Å². The molecule has 28 heavy (non-hydrogen) atoms. The molecule has 4 saturated carbocycles. The van der Waals surface area contributed by atoms with Gasteiger partial charge in [-0.05, 0) is 37.0 Å². The van der Waals surface area contributed by atoms with Crippen LogP contribution in [0.15, 0.2) is 0 Å². The Bertz CT molecular complexity index is 705. The number of aliphatic hydroxyl groups is 3. The van der Waals surface area contributed by atoms with E-state index >= 15 is 0 Å². The van der Waals surface area contributed by atoms with Gasteiger partial charge >= 0.3 is 0 Å². The molecule has 4 aliphatic carbocycles. The molecule has 0 aromatic carbocycles. The molecule has 8 nitrogen and oxygen atoms in total. The summed E-state index contributed by atoms with van der Waals surface area (Å²) in [5.41, 5.74) is 11.2. The summed E-state index contributed by atoms with van der Waals surface area (Å²) in [7, 11) is 0. The fourth-order valence-electron chi connectivity index (χ4n) is 6.59. The lowest BCUT2D eigenvalue weighted by molar-refractivity contribution is -0.161. The van der Waals surface area contributed by atoms with E-state index < -0.39 is 66.0 Å². The van der Waals surface area contributed by atoms with Gasteiger partial charge in [-0.1, -0.05) is 0 Å². The summed E-state index contributed by atoms with van der Waals surface area (Å²) in [5.74, 6) is -5.63. The van der Waals surface area contributed by atoms with Gasteiger partial charge in [-0.2, -0.15) is 0 Å². The average molecular weight is 397 g/mol. The van der Waals surface area contributed by atoms with Crippen molar-refractivity contribution in [2.75, 3.05) is 0 Å². The van der Waals surface area contributed by atoms with Gasteiger partial charge in [-0.3, -0.25) is 9.59 Å². The largest absolute Gasteiger partial charge is 0.392 e. The highest BCUT2D eigenvalue weighted by atomic mass is 19.1. The van der Waals surface area contributed by atoms with Gasteiger partial charge in [0.15, 0.2) is 0 Å². The van der Waals surface area contributed by atoms with Crippen molar-refractivity contribution >= 4 is 17.4 Å². The lowest BCUT2D eigenvalue weighted by atomic mass is 9.50. The van der Waals surface area contributed by atoms with Crippen LogP contribution in [-0.2, 0) is 9.59 Å². The molecule has 8 N–H and O–H groups in total. The van der Waals surface area contributed by atoms with E-state index in [-0.39, 0.29) is 36.2 Å². The summed E-state index contributed by atoms with van der Waals surface area (Å²) in [6.45, 7) is 0. The monoisotopic (exact) mass is 397 g/mol. The van der Waals surface area contributed by atoms with E-state index in [9.17, 15) is 29.3 Å². The van der Waals surface area contributed by atoms with Gasteiger partial charge in [-0.15, -0.1) is 0 Å². The second kappa shape index (κ2) is 6.83. The third-order valence-electron chi connectivity index (χ3n) is 7.77. The molecule has 4 rings (SSSR count). The summed E-state index contributed by atoms with van der Waals surface area (Å²) >= 11 is 0. The first-order valence-corrected chi connectivity index (χ1v) is 9.98. The number of hydrogen-bond donors (Lipinski definition) is 6. The molecule has 9 heteroatoms. The van der Waals surface area contributed by atoms with E-state index in [0.29, 0.717) is 12.8 Å². The number of nitrogens with one attached hydrogen (secondary N) is 1. The number of halogens is 1. The van der Waals surface area contributed by atoms with E-state index in [1.165, 1.54) is 0 Å². The van der Waals surface area contributed by atoms with Crippen LogP contribution in [0.1, 0.15) is 25.7 Å². The summed E-state index contributed by atoms with van der Waals surface area (Å²) in [6, 6.07) is -0.831. The first-order chi connectivity index (χ1) is 13.1. The number of Topliss-reactive ketones (excluding diaryl/α,β-unsaturated/α-hetero) is 1. The third-order valence-corrected chi connectivity index (χ3v) is 7.77. The number of fused-ring (bicyclic) bond motifs is 3. The number of aliphatic hydroxyl groups excluding tert-OH is 3. The summed E-state index contributed by atoms with van der Waals surface area (Å²) in [4.78, 5) is 24.9. The number of alkyl halides is 1. The minimum atomic E-state index is -1.37. The Hall–Kier alpha value is -1.42. The molecule has 0 saturated heterocycles. The Labute approximate surface area is 162 Å². The lowest BCUT2D eigenvalue weighted by Gasteiger charge is -2.55. The van der Waals surface area contributed by atoms with Gasteiger partial charge < -0.3 is 32.2 Å². The van der Waals surface area contributed by atoms with E-state index in [0.717, 1.165) is 0 Å². The van der Waals surface area contributed by atoms with Crippen molar-refractivity contribution < 1.29 is 29.3 Å². The zero-order valence-electron chi connectivity index (χ0n) is 15.4. The molecule has 12 unspecified atom stereocenters. The fourth-order valence-corrected chi connectivity index (χ4v) is 6.59. The molecule has 4 fully saturated rings. The Morgan fingerprint density at radius 1 is 1.00 bits per heavy atom. The second-order valence-corrected chi connectivity index (χ2v) is 9.16. The highest BCUT2D eigenvalue weighted by Crippen LogP contribution is 2.53. The van der Waals surface area contributed by atoms with Crippen LogP contribution in [0.4, 0.5) is 4.39 Å². The molecule has 4 aliphatic rings. The van der Waals surface area contributed by atoms with E-state index in [2.05, 4.69) is 0 Å². The molecule has 12 atom stereocenters. The van der Waals surface area contributed by atoms with Crippen LogP contribution in [-0.4, -0.2) is 63.2 Å². The molecule has 0 heterocycles. The molecular weight excluding hydrogens is 369 g/mol. The van der Waals surface area contributed by atoms with Crippen molar-refractivity contribution in [2.45, 2.75) is 56.2 Å². The molecule has 0 radical (unpaired) electrons. The zero-order valence-corrected chi connectivity index (χ0v) is 15.4. The van der Waals surface area contributed by atoms with Crippen molar-refractivity contribution in [3.8, 4) is 0 Å². The SMILES string of the molecule is N=C1C(C(N)=O)C(O)CC2CC3CC4C(N)C(F)CC(O)C4C(=O)C3C(O)C12. The standard InChI is InChI=1S/C19H28FN3O5/c20-8-4-10(25)13-7(15(8)21)2-5-1-6-3-9(24)14(19(23)28)16(22)11(6)17(26)12(5)18(13)27/h5-15,17,22,24-26H,1-4,21H2,(H2,23,28). The van der Waals surface area contributed by atoms with Crippen LogP contribution in [0.5, 0.6) is 0 Å². The first kappa shape index (κ1) is 19.9. The number of amides is 1. The molecule has 0 spiro atoms. The quantitative estimate of drug-likeness (QED) is 0.322. The number of carbonyl (C=O) groups excluding carboxylic acids is 2. The predicted octanol–water partition coefficient (Wildman–Crippen LogP) is -1.26. The molecular formula is C19H28FN3O5. The Balaban J connectivity index is 1.65. The average Bonchev–Trinajstić information content (AvgIpc) is 2.58. The number of rotatable bonds is 1. The van der Waals surface area contributed by atoms with Crippen molar-refractivity contribution in [1.82, 2.24) is 0 Å². The van der Waals surface area contributed by atoms with Gasteiger partial charge in [-0.25, -0.2) is 4.39 Å². The highest BCUT2D eigenvalue weighted by molar-refractivity contribution is 6.05. The number of hydrogen-bond acceptors (Lipinski definition) is 7. The Morgan fingerprint density at radius 3 is 2.29 bits per heavy atom. The summed E-state index contributed by atoms with van der Waals surface area (Å²) in [5, 5.41) is 40.0. The van der Waals surface area contributed by atoms with Gasteiger partial charge in [0.1, 0.15) is 17.9 Å². The number of nitrogens with two attached hydrogens (primary N) is 2. The minimum Gasteiger partial charge on any atom is -0.392 e. The molecule has 0 aromatic rings. The maximum Gasteiger partial charge on any atom is 0.228 e. The van der Waals surface area contributed by atoms with Crippen molar-refractivity contribution in [3.05, 3.63) is 0 Å². The number of carbonyl (C=O) groups is 2. The molecule has 156 valence electrons. The topological polar surface area (TPSA) is 171 Å². The number of ketones is 1. The Kier molecular flexibility index (Phi) is 4.85. The Morgan fingerprint density at radius 2 is 1.64 bits per heavy atom. The summed E-state index contributed by atoms with van der Waals surface area (Å²) < 4.78 is 14.2. The molecule has 0 aliphatic heterocycles. The minimum absolute atomic E-state index is 0.123. The van der Waals surface area contributed by atoms with Crippen LogP contribution in [0.3, 0.4) is 0 Å². The van der Waals surface area contributed by atoms with Crippen LogP contribution in [0, 0.1) is 46.8 Å². The van der Waals surface area contributed by atoms with Gasteiger partial charge in [0.2, 0.25) is 5.91 Å². The van der Waals surface area contributed by atoms with Crippen LogP contribution < -0.4 is 11.5 Å². The summed E-state index contributed by atoms with van der Waals surface area (Å²) in [6.07, 6.45) is -3.87. The molecule has 0 aromatic heterocycles. The van der Waals surface area contributed by atoms with Crippen molar-refractivity contribution in [3.63, 3.8) is 0 Å². The highest BCUT2D eigenvalue weighted by Gasteiger charge is 2.60.